The number of nitrogens with zero attached hydrogens (tertiary/aromatic N) is 4. The smallest absolute Gasteiger partial charge is 0.0935 e. The van der Waals surface area contributed by atoms with Gasteiger partial charge in [-0.05, 0) is 43.2 Å². The molecule has 0 radical (unpaired) electrons. The van der Waals surface area contributed by atoms with Crippen LogP contribution in [0.1, 0.15) is 0 Å². The van der Waals surface area contributed by atoms with Gasteiger partial charge in [-0.3, -0.25) is 0 Å². The highest BCUT2D eigenvalue weighted by molar-refractivity contribution is 8.86. The van der Waals surface area contributed by atoms with E-state index in [2.05, 4.69) is 20.4 Å². The van der Waals surface area contributed by atoms with E-state index in [9.17, 15) is 0 Å². The molecule has 1 rings (SSSR count). The van der Waals surface area contributed by atoms with Gasteiger partial charge in [0.25, 0.3) is 0 Å². The largest absolute Gasteiger partial charge is 0.151 e. The van der Waals surface area contributed by atoms with Crippen LogP contribution in [0.3, 0.4) is 0 Å². The predicted molar refractivity (Wildman–Crippen MR) is 64.3 cm³/mol. The fourth-order valence-corrected chi connectivity index (χ4v) is 1.91. The van der Waals surface area contributed by atoms with Gasteiger partial charge in [-0.2, -0.15) is 20.4 Å². The first-order chi connectivity index (χ1) is 6.00. The Bertz CT molecular complexity index is 175. The lowest BCUT2D eigenvalue weighted by Gasteiger charge is -1.85. The molecule has 1 aliphatic rings. The molecule has 64 valence electrons. The summed E-state index contributed by atoms with van der Waals surface area (Å²) < 4.78 is 0. The van der Waals surface area contributed by atoms with Crippen molar-refractivity contribution in [1.29, 1.82) is 0 Å². The van der Waals surface area contributed by atoms with Crippen LogP contribution in [-0.2, 0) is 0 Å². The third-order valence-electron chi connectivity index (χ3n) is 0.605. The van der Waals surface area contributed by atoms with Gasteiger partial charge in [-0.25, -0.2) is 0 Å². The Balaban J connectivity index is 2.40. The molecular weight excluding hydrogens is 232 g/mol. The van der Waals surface area contributed by atoms with Crippen molar-refractivity contribution in [2.45, 2.75) is 0 Å². The van der Waals surface area contributed by atoms with Gasteiger partial charge in [-0.1, -0.05) is 0 Å². The molecule has 0 saturated carbocycles. The molecule has 0 aromatic carbocycles. The lowest BCUT2D eigenvalue weighted by atomic mass is 11.6. The van der Waals surface area contributed by atoms with Crippen LogP contribution >= 0.6 is 43.2 Å². The first-order valence-electron chi connectivity index (χ1n) is 2.71. The summed E-state index contributed by atoms with van der Waals surface area (Å²) in [6, 6.07) is 0. The second-order valence-electron chi connectivity index (χ2n) is 1.27. The van der Waals surface area contributed by atoms with Gasteiger partial charge in [-0.15, -0.1) is 0 Å². The quantitative estimate of drug-likeness (QED) is 0.607. The highest BCUT2D eigenvalue weighted by atomic mass is 33.1. The fraction of sp³-hybridized carbons (Fsp3) is 0. The van der Waals surface area contributed by atoms with E-state index >= 15 is 0 Å². The van der Waals surface area contributed by atoms with E-state index in [0.717, 1.165) is 0 Å². The van der Waals surface area contributed by atoms with E-state index in [-0.39, 0.29) is 0 Å². The van der Waals surface area contributed by atoms with Gasteiger partial charge in [0.2, 0.25) is 0 Å². The lowest BCUT2D eigenvalue weighted by Crippen LogP contribution is -1.65. The van der Waals surface area contributed by atoms with E-state index < -0.39 is 0 Å². The minimum atomic E-state index is 1.44. The van der Waals surface area contributed by atoms with Crippen molar-refractivity contribution in [2.24, 2.45) is 20.4 Å². The van der Waals surface area contributed by atoms with Crippen molar-refractivity contribution in [2.75, 3.05) is 0 Å². The van der Waals surface area contributed by atoms with Crippen LogP contribution < -0.4 is 0 Å². The van der Waals surface area contributed by atoms with Crippen LogP contribution in [0.2, 0.25) is 0 Å². The number of rotatable bonds is 0. The Morgan fingerprint density at radius 3 is 1.00 bits per heavy atom. The molecule has 0 aromatic rings. The molecule has 12 heavy (non-hydrogen) atoms. The third kappa shape index (κ3) is 5.70. The van der Waals surface area contributed by atoms with E-state index in [0.29, 0.717) is 0 Å². The molecule has 0 amide bonds. The maximum absolute atomic E-state index is 3.75. The van der Waals surface area contributed by atoms with Gasteiger partial charge in [0.05, 0.1) is 22.2 Å². The topological polar surface area (TPSA) is 49.4 Å². The first kappa shape index (κ1) is 10.2. The molecule has 0 N–H and O–H groups in total. The highest BCUT2D eigenvalue weighted by Crippen LogP contribution is 2.17. The van der Waals surface area contributed by atoms with Crippen LogP contribution in [0.25, 0.3) is 0 Å². The Kier molecular flexibility index (Phi) is 6.53. The Morgan fingerprint density at radius 1 is 0.500 bits per heavy atom. The fourth-order valence-electron chi connectivity index (χ4n) is 0.285. The minimum Gasteiger partial charge on any atom is -0.151 e. The molecule has 4 nitrogen and oxygen atoms in total. The summed E-state index contributed by atoms with van der Waals surface area (Å²) >= 11 is 0. The molecule has 1 aliphatic heterocycles. The summed E-state index contributed by atoms with van der Waals surface area (Å²) in [5, 5.41) is 15.0. The predicted octanol–water partition coefficient (Wildman–Crippen LogP) is 2.71. The van der Waals surface area contributed by atoms with E-state index in [4.69, 9.17) is 0 Å². The second-order valence-corrected chi connectivity index (χ2v) is 5.19. The van der Waals surface area contributed by atoms with Gasteiger partial charge < -0.3 is 0 Å². The molecule has 0 saturated heterocycles. The number of hydrogen-bond acceptors (Lipinski definition) is 8. The van der Waals surface area contributed by atoms with Crippen molar-refractivity contribution < 1.29 is 0 Å². The van der Waals surface area contributed by atoms with Crippen molar-refractivity contribution >= 4 is 65.4 Å². The van der Waals surface area contributed by atoms with Crippen LogP contribution in [0, 0.1) is 0 Å². The van der Waals surface area contributed by atoms with Gasteiger partial charge in [0, 0.05) is 0 Å². The average molecular weight is 236 g/mol. The summed E-state index contributed by atoms with van der Waals surface area (Å²) in [6.07, 6.45) is 0. The Morgan fingerprint density at radius 2 is 0.750 bits per heavy atom. The van der Waals surface area contributed by atoms with Gasteiger partial charge >= 0.3 is 0 Å². The highest BCUT2D eigenvalue weighted by Gasteiger charge is 1.81. The molecule has 0 spiro atoms. The zero-order chi connectivity index (χ0) is 8.49. The summed E-state index contributed by atoms with van der Waals surface area (Å²) in [7, 11) is 5.76. The monoisotopic (exact) mass is 236 g/mol. The molecule has 0 fully saturated rings. The number of hydrogen-bond donors (Lipinski definition) is 0. The maximum atomic E-state index is 3.75. The summed E-state index contributed by atoms with van der Waals surface area (Å²) in [5.74, 6) is 0. The van der Waals surface area contributed by atoms with E-state index in [1.54, 1.807) is 22.2 Å². The van der Waals surface area contributed by atoms with Crippen molar-refractivity contribution in [1.82, 2.24) is 0 Å². The summed E-state index contributed by atoms with van der Waals surface area (Å²) in [6.45, 7) is 0. The Labute approximate surface area is 85.6 Å². The molecule has 0 bridgehead atoms. The van der Waals surface area contributed by atoms with Crippen LogP contribution in [-0.4, -0.2) is 22.2 Å². The first-order valence-corrected chi connectivity index (χ1v) is 7.26. The lowest BCUT2D eigenvalue weighted by molar-refractivity contribution is 1.29. The van der Waals surface area contributed by atoms with Gasteiger partial charge in [0.1, 0.15) is 0 Å². The van der Waals surface area contributed by atoms with Crippen molar-refractivity contribution in [3.05, 3.63) is 0 Å². The van der Waals surface area contributed by atoms with E-state index in [1.165, 1.54) is 43.2 Å². The zero-order valence-electron chi connectivity index (χ0n) is 5.73. The molecule has 0 aliphatic carbocycles. The normalized spacial score (nSPS) is 18.7. The molecule has 0 unspecified atom stereocenters. The Hall–Kier alpha value is 0.0800. The molecular formula is C4H4N4S4. The van der Waals surface area contributed by atoms with Crippen LogP contribution in [0.5, 0.6) is 0 Å². The van der Waals surface area contributed by atoms with Crippen molar-refractivity contribution in [3.8, 4) is 0 Å². The standard InChI is InChI=1S/C4H4N4S4/c1-5-6-2-11-12-4-8-7-3-10-9-1/h1-4H. The minimum absolute atomic E-state index is 1.44. The second kappa shape index (κ2) is 7.71. The molecule has 0 aromatic heterocycles. The third-order valence-corrected chi connectivity index (χ3v) is 3.25. The summed E-state index contributed by atoms with van der Waals surface area (Å²) in [5.41, 5.74) is 6.57. The van der Waals surface area contributed by atoms with Crippen LogP contribution in [0.15, 0.2) is 20.4 Å². The molecule has 8 heteroatoms. The zero-order valence-corrected chi connectivity index (χ0v) is 9.00. The van der Waals surface area contributed by atoms with E-state index in [1.807, 2.05) is 0 Å². The maximum Gasteiger partial charge on any atom is 0.0935 e. The van der Waals surface area contributed by atoms with Crippen LogP contribution in [0.4, 0.5) is 0 Å². The molecule has 1 heterocycles. The summed E-state index contributed by atoms with van der Waals surface area (Å²) in [4.78, 5) is 0. The average Bonchev–Trinajstić information content (AvgIpc) is 2.05. The van der Waals surface area contributed by atoms with Crippen molar-refractivity contribution in [3.63, 3.8) is 0 Å². The van der Waals surface area contributed by atoms with Gasteiger partial charge in [0.15, 0.2) is 0 Å². The molecule has 0 atom stereocenters. The SMILES string of the molecule is C1=NN=CSSC=NN=CSS1.